The lowest BCUT2D eigenvalue weighted by molar-refractivity contribution is -0.144. The van der Waals surface area contributed by atoms with Crippen LogP contribution in [0.5, 0.6) is 5.75 Å². The first-order chi connectivity index (χ1) is 12.5. The molecule has 1 fully saturated rings. The Morgan fingerprint density at radius 2 is 1.92 bits per heavy atom. The monoisotopic (exact) mass is 360 g/mol. The highest BCUT2D eigenvalue weighted by Crippen LogP contribution is 2.17. The number of hydrogen-bond donors (Lipinski definition) is 3. The molecule has 1 aromatic rings. The second kappa shape index (κ2) is 9.75. The van der Waals surface area contributed by atoms with Gasteiger partial charge in [0, 0.05) is 63.9 Å². The molecule has 0 unspecified atom stereocenters. The average Bonchev–Trinajstić information content (AvgIpc) is 2.60. The zero-order valence-corrected chi connectivity index (χ0v) is 14.6. The number of anilines is 1. The first-order valence-electron chi connectivity index (χ1n) is 8.61. The molecule has 1 heterocycles. The summed E-state index contributed by atoms with van der Waals surface area (Å²) in [5.41, 5.74) is 0.435. The Bertz CT molecular complexity index is 665. The van der Waals surface area contributed by atoms with E-state index in [2.05, 4.69) is 16.3 Å². The summed E-state index contributed by atoms with van der Waals surface area (Å²) in [6.45, 7) is 4.09. The van der Waals surface area contributed by atoms with Crippen LogP contribution in [0.15, 0.2) is 24.3 Å². The van der Waals surface area contributed by atoms with E-state index in [0.29, 0.717) is 18.7 Å². The van der Waals surface area contributed by atoms with Gasteiger partial charge >= 0.3 is 5.97 Å². The summed E-state index contributed by atoms with van der Waals surface area (Å²) in [5.74, 6) is -2.15. The molecule has 8 heteroatoms. The molecule has 140 valence electrons. The van der Waals surface area contributed by atoms with Crippen LogP contribution in [0.4, 0.5) is 5.69 Å². The summed E-state index contributed by atoms with van der Waals surface area (Å²) in [4.78, 5) is 27.9. The summed E-state index contributed by atoms with van der Waals surface area (Å²) < 4.78 is 0. The smallest absolute Gasteiger partial charge is 0.308 e. The van der Waals surface area contributed by atoms with E-state index in [4.69, 9.17) is 5.26 Å². The lowest BCUT2D eigenvalue weighted by atomic mass is 10.0. The number of phenolic OH excluding ortho intramolecular Hbond substituents is 1. The van der Waals surface area contributed by atoms with Gasteiger partial charge in [-0.1, -0.05) is 6.07 Å². The van der Waals surface area contributed by atoms with Gasteiger partial charge in [0.25, 0.3) is 0 Å². The molecule has 1 aromatic carbocycles. The third-order valence-electron chi connectivity index (χ3n) is 4.39. The van der Waals surface area contributed by atoms with Gasteiger partial charge in [-0.05, 0) is 12.1 Å². The Hall–Kier alpha value is -2.63. The third kappa shape index (κ3) is 6.35. The molecule has 1 saturated heterocycles. The fourth-order valence-electron chi connectivity index (χ4n) is 2.96. The largest absolute Gasteiger partial charge is 0.508 e. The number of nitrogens with zero attached hydrogens (tertiary/aromatic N) is 3. The van der Waals surface area contributed by atoms with Crippen molar-refractivity contribution >= 4 is 17.6 Å². The molecular formula is C18H24N4O4. The highest BCUT2D eigenvalue weighted by molar-refractivity contribution is 5.93. The van der Waals surface area contributed by atoms with Gasteiger partial charge in [-0.15, -0.1) is 0 Å². The first kappa shape index (κ1) is 19.7. The van der Waals surface area contributed by atoms with Crippen molar-refractivity contribution in [2.24, 2.45) is 5.92 Å². The van der Waals surface area contributed by atoms with E-state index in [1.54, 1.807) is 12.1 Å². The number of phenols is 1. The van der Waals surface area contributed by atoms with Crippen LogP contribution in [0.3, 0.4) is 0 Å². The highest BCUT2D eigenvalue weighted by atomic mass is 16.4. The first-order valence-corrected chi connectivity index (χ1v) is 8.61. The van der Waals surface area contributed by atoms with Crippen molar-refractivity contribution in [3.63, 3.8) is 0 Å². The summed E-state index contributed by atoms with van der Waals surface area (Å²) in [5, 5.41) is 30.1. The van der Waals surface area contributed by atoms with Crippen LogP contribution >= 0.6 is 0 Å². The number of piperazine rings is 1. The van der Waals surface area contributed by atoms with Crippen molar-refractivity contribution in [3.8, 4) is 11.8 Å². The molecule has 0 aromatic heterocycles. The third-order valence-corrected chi connectivity index (χ3v) is 4.39. The molecule has 0 saturated carbocycles. The maximum absolute atomic E-state index is 12.1. The molecule has 1 aliphatic heterocycles. The Morgan fingerprint density at radius 3 is 2.54 bits per heavy atom. The molecule has 8 nitrogen and oxygen atoms in total. The topological polar surface area (TPSA) is 117 Å². The number of benzene rings is 1. The van der Waals surface area contributed by atoms with Crippen LogP contribution < -0.4 is 5.32 Å². The number of carbonyl (C=O) groups is 2. The minimum Gasteiger partial charge on any atom is -0.508 e. The number of carbonyl (C=O) groups excluding carboxylic acids is 1. The van der Waals surface area contributed by atoms with Crippen LogP contribution in [0.2, 0.25) is 0 Å². The summed E-state index contributed by atoms with van der Waals surface area (Å²) >= 11 is 0. The molecule has 26 heavy (non-hydrogen) atoms. The van der Waals surface area contributed by atoms with Crippen molar-refractivity contribution < 1.29 is 19.8 Å². The molecule has 0 aliphatic carbocycles. The minimum absolute atomic E-state index is 0.0341. The van der Waals surface area contributed by atoms with E-state index in [9.17, 15) is 19.8 Å². The molecule has 1 atom stereocenters. The molecule has 3 N–H and O–H groups in total. The zero-order chi connectivity index (χ0) is 18.9. The number of nitriles is 1. The number of nitrogens with one attached hydrogen (secondary N) is 1. The van der Waals surface area contributed by atoms with E-state index in [0.717, 1.165) is 32.7 Å². The molecule has 0 radical (unpaired) electrons. The zero-order valence-electron chi connectivity index (χ0n) is 14.6. The van der Waals surface area contributed by atoms with Crippen molar-refractivity contribution in [1.82, 2.24) is 9.80 Å². The van der Waals surface area contributed by atoms with Gasteiger partial charge in [-0.25, -0.2) is 0 Å². The predicted molar refractivity (Wildman–Crippen MR) is 95.6 cm³/mol. The van der Waals surface area contributed by atoms with E-state index in [1.165, 1.54) is 12.1 Å². The summed E-state index contributed by atoms with van der Waals surface area (Å²) in [6.07, 6.45) is 0.368. The predicted octanol–water partition coefficient (Wildman–Crippen LogP) is 0.953. The molecule has 1 amide bonds. The highest BCUT2D eigenvalue weighted by Gasteiger charge is 2.26. The maximum Gasteiger partial charge on any atom is 0.308 e. The molecule has 2 rings (SSSR count). The molecule has 1 aliphatic rings. The van der Waals surface area contributed by atoms with Crippen LogP contribution in [-0.4, -0.2) is 71.2 Å². The molecule has 0 spiro atoms. The summed E-state index contributed by atoms with van der Waals surface area (Å²) in [6, 6.07) is 8.26. The van der Waals surface area contributed by atoms with Crippen molar-refractivity contribution in [2.45, 2.75) is 12.8 Å². The quantitative estimate of drug-likeness (QED) is 0.632. The standard InChI is InChI=1S/C18H24N4O4/c19-5-2-6-21-7-9-22(10-8-21)13-14(18(25)26)11-17(24)20-15-3-1-4-16(23)12-15/h1,3-4,12,14,23H,2,6-11,13H2,(H,20,24)(H,25,26)/t14-/m1/s1. The normalized spacial score (nSPS) is 16.6. The van der Waals surface area contributed by atoms with Gasteiger partial charge in [0.15, 0.2) is 0 Å². The number of carboxylic acids is 1. The SMILES string of the molecule is N#CCCN1CCN(C[C@@H](CC(=O)Nc2cccc(O)c2)C(=O)O)CC1. The lowest BCUT2D eigenvalue weighted by Gasteiger charge is -2.35. The van der Waals surface area contributed by atoms with E-state index >= 15 is 0 Å². The van der Waals surface area contributed by atoms with Crippen LogP contribution in [0.1, 0.15) is 12.8 Å². The number of carboxylic acid groups (broad SMARTS) is 1. The fraction of sp³-hybridized carbons (Fsp3) is 0.500. The van der Waals surface area contributed by atoms with Crippen molar-refractivity contribution in [2.75, 3.05) is 44.6 Å². The van der Waals surface area contributed by atoms with E-state index in [1.807, 2.05) is 4.90 Å². The number of hydrogen-bond acceptors (Lipinski definition) is 6. The van der Waals surface area contributed by atoms with Crippen molar-refractivity contribution in [1.29, 1.82) is 5.26 Å². The van der Waals surface area contributed by atoms with Crippen LogP contribution in [0.25, 0.3) is 0 Å². The number of amides is 1. The van der Waals surface area contributed by atoms with Gasteiger partial charge in [-0.3, -0.25) is 19.4 Å². The number of aromatic hydroxyl groups is 1. The molecule has 0 bridgehead atoms. The number of rotatable bonds is 8. The summed E-state index contributed by atoms with van der Waals surface area (Å²) in [7, 11) is 0. The van der Waals surface area contributed by atoms with E-state index in [-0.39, 0.29) is 12.2 Å². The fourth-order valence-corrected chi connectivity index (χ4v) is 2.96. The lowest BCUT2D eigenvalue weighted by Crippen LogP contribution is -2.48. The van der Waals surface area contributed by atoms with E-state index < -0.39 is 17.8 Å². The van der Waals surface area contributed by atoms with Gasteiger partial charge in [0.2, 0.25) is 5.91 Å². The van der Waals surface area contributed by atoms with Crippen molar-refractivity contribution in [3.05, 3.63) is 24.3 Å². The second-order valence-corrected chi connectivity index (χ2v) is 6.39. The van der Waals surface area contributed by atoms with Gasteiger partial charge < -0.3 is 15.5 Å². The van der Waals surface area contributed by atoms with Gasteiger partial charge in [0.05, 0.1) is 12.0 Å². The second-order valence-electron chi connectivity index (χ2n) is 6.39. The Kier molecular flexibility index (Phi) is 7.38. The van der Waals surface area contributed by atoms with Gasteiger partial charge in [-0.2, -0.15) is 5.26 Å². The average molecular weight is 360 g/mol. The van der Waals surface area contributed by atoms with Crippen LogP contribution in [0, 0.1) is 17.2 Å². The van der Waals surface area contributed by atoms with Gasteiger partial charge in [0.1, 0.15) is 5.75 Å². The number of aliphatic carboxylic acids is 1. The minimum atomic E-state index is -0.997. The maximum atomic E-state index is 12.1. The Labute approximate surface area is 152 Å². The Morgan fingerprint density at radius 1 is 1.23 bits per heavy atom. The Balaban J connectivity index is 1.82. The molecular weight excluding hydrogens is 336 g/mol. The van der Waals surface area contributed by atoms with Crippen LogP contribution in [-0.2, 0) is 9.59 Å².